The summed E-state index contributed by atoms with van der Waals surface area (Å²) in [6, 6.07) is 13.2. The van der Waals surface area contributed by atoms with E-state index in [-0.39, 0.29) is 0 Å². The van der Waals surface area contributed by atoms with E-state index < -0.39 is 10.0 Å². The molecule has 2 aromatic heterocycles. The maximum Gasteiger partial charge on any atom is 0.252 e. The summed E-state index contributed by atoms with van der Waals surface area (Å²) in [6.07, 6.45) is 0. The van der Waals surface area contributed by atoms with Crippen molar-refractivity contribution in [2.24, 2.45) is 0 Å². The number of nitrogens with zero attached hydrogens (tertiary/aromatic N) is 3. The second-order valence-electron chi connectivity index (χ2n) is 7.42. The fourth-order valence-electron chi connectivity index (χ4n) is 3.81. The summed E-state index contributed by atoms with van der Waals surface area (Å²) in [4.78, 5) is 2.26. The average Bonchev–Trinajstić information content (AvgIpc) is 3.32. The zero-order valence-electron chi connectivity index (χ0n) is 16.0. The Kier molecular flexibility index (Phi) is 4.95. The number of hydrogen-bond donors (Lipinski definition) is 2. The predicted octanol–water partition coefficient (Wildman–Crippen LogP) is 3.52. The smallest absolute Gasteiger partial charge is 0.252 e. The molecule has 0 saturated carbocycles. The van der Waals surface area contributed by atoms with Crippen molar-refractivity contribution in [1.82, 2.24) is 19.4 Å². The Morgan fingerprint density at radius 1 is 1.10 bits per heavy atom. The van der Waals surface area contributed by atoms with Crippen LogP contribution in [0, 0.1) is 0 Å². The maximum absolute atomic E-state index is 13.1. The molecule has 0 aliphatic carbocycles. The van der Waals surface area contributed by atoms with E-state index in [4.69, 9.17) is 17.3 Å². The fourth-order valence-corrected chi connectivity index (χ4v) is 7.06. The van der Waals surface area contributed by atoms with Crippen molar-refractivity contribution in [2.45, 2.75) is 10.8 Å². The van der Waals surface area contributed by atoms with Crippen LogP contribution < -0.4 is 5.73 Å². The second kappa shape index (κ2) is 7.51. The lowest BCUT2D eigenvalue weighted by Crippen LogP contribution is -2.48. The monoisotopic (exact) mass is 461 g/mol. The number of fused-ring (bicyclic) bond motifs is 2. The van der Waals surface area contributed by atoms with E-state index in [1.165, 1.54) is 11.3 Å². The molecule has 0 atom stereocenters. The molecule has 7 nitrogen and oxygen atoms in total. The number of nitrogen functional groups attached to an aromatic ring is 1. The number of aromatic nitrogens is 2. The third-order valence-electron chi connectivity index (χ3n) is 5.45. The number of H-pyrrole nitrogens is 1. The van der Waals surface area contributed by atoms with Gasteiger partial charge in [0.05, 0.1) is 5.52 Å². The van der Waals surface area contributed by atoms with Gasteiger partial charge in [-0.1, -0.05) is 23.7 Å². The van der Waals surface area contributed by atoms with Crippen molar-refractivity contribution in [3.63, 3.8) is 0 Å². The number of piperazine rings is 1. The molecule has 1 aliphatic heterocycles. The van der Waals surface area contributed by atoms with E-state index in [1.807, 2.05) is 30.3 Å². The molecule has 5 rings (SSSR count). The summed E-state index contributed by atoms with van der Waals surface area (Å²) >= 11 is 7.31. The Labute approximate surface area is 183 Å². The number of aromatic amines is 1. The van der Waals surface area contributed by atoms with E-state index in [9.17, 15) is 8.42 Å². The van der Waals surface area contributed by atoms with Gasteiger partial charge in [-0.2, -0.15) is 9.40 Å². The highest BCUT2D eigenvalue weighted by Crippen LogP contribution is 2.33. The quantitative estimate of drug-likeness (QED) is 0.484. The lowest BCUT2D eigenvalue weighted by molar-refractivity contribution is 0.182. The van der Waals surface area contributed by atoms with Gasteiger partial charge in [0.25, 0.3) is 10.0 Å². The molecule has 1 aliphatic rings. The van der Waals surface area contributed by atoms with Crippen LogP contribution in [0.4, 0.5) is 5.82 Å². The second-order valence-corrected chi connectivity index (χ2v) is 11.1. The maximum atomic E-state index is 13.1. The van der Waals surface area contributed by atoms with Gasteiger partial charge in [-0.05, 0) is 41.3 Å². The summed E-state index contributed by atoms with van der Waals surface area (Å²) < 4.78 is 29.1. The summed E-state index contributed by atoms with van der Waals surface area (Å²) in [5.41, 5.74) is 7.88. The van der Waals surface area contributed by atoms with Crippen molar-refractivity contribution in [3.05, 3.63) is 53.1 Å². The van der Waals surface area contributed by atoms with Crippen molar-refractivity contribution >= 4 is 59.8 Å². The van der Waals surface area contributed by atoms with Crippen LogP contribution >= 0.6 is 22.9 Å². The van der Waals surface area contributed by atoms with Gasteiger partial charge in [0.1, 0.15) is 4.21 Å². The molecule has 0 bridgehead atoms. The zero-order valence-corrected chi connectivity index (χ0v) is 18.4. The zero-order chi connectivity index (χ0) is 20.9. The van der Waals surface area contributed by atoms with Gasteiger partial charge >= 0.3 is 0 Å². The summed E-state index contributed by atoms with van der Waals surface area (Å²) in [5, 5.41) is 9.39. The third-order valence-corrected chi connectivity index (χ3v) is 9.13. The Morgan fingerprint density at radius 3 is 2.70 bits per heavy atom. The number of nitrogens with two attached hydrogens (primary N) is 1. The highest BCUT2D eigenvalue weighted by Gasteiger charge is 2.30. The van der Waals surface area contributed by atoms with Gasteiger partial charge < -0.3 is 5.73 Å². The number of sulfonamides is 1. The summed E-state index contributed by atoms with van der Waals surface area (Å²) in [7, 11) is -3.50. The first-order valence-electron chi connectivity index (χ1n) is 9.54. The van der Waals surface area contributed by atoms with Gasteiger partial charge in [0.2, 0.25) is 0 Å². The molecule has 0 radical (unpaired) electrons. The van der Waals surface area contributed by atoms with E-state index in [2.05, 4.69) is 15.1 Å². The molecule has 0 unspecified atom stereocenters. The molecule has 4 aromatic rings. The minimum atomic E-state index is -3.50. The topological polar surface area (TPSA) is 95.3 Å². The Bertz CT molecular complexity index is 1340. The standard InChI is InChI=1S/C20H20ClN5O2S2/c21-15-3-2-14-10-19(29-18(14)11-15)30(27,28)26-7-5-25(6-8-26)12-13-1-4-16-17(9-13)23-24-20(16)22/h1-4,9-11H,5-8,12H2,(H3,22,23,24). The Balaban J connectivity index is 1.28. The van der Waals surface area contributed by atoms with Gasteiger partial charge in [0, 0.05) is 47.8 Å². The molecule has 2 aromatic carbocycles. The number of halogens is 1. The van der Waals surface area contributed by atoms with Crippen LogP contribution in [-0.2, 0) is 16.6 Å². The van der Waals surface area contributed by atoms with Crippen LogP contribution in [0.2, 0.25) is 5.02 Å². The number of anilines is 1. The average molecular weight is 462 g/mol. The molecule has 1 fully saturated rings. The predicted molar refractivity (Wildman–Crippen MR) is 121 cm³/mol. The lowest BCUT2D eigenvalue weighted by atomic mass is 10.1. The first-order valence-corrected chi connectivity index (χ1v) is 12.2. The Morgan fingerprint density at radius 2 is 1.90 bits per heavy atom. The highest BCUT2D eigenvalue weighted by atomic mass is 35.5. The molecule has 156 valence electrons. The van der Waals surface area contributed by atoms with Gasteiger partial charge in [-0.3, -0.25) is 10.00 Å². The number of rotatable bonds is 4. The van der Waals surface area contributed by atoms with Crippen molar-refractivity contribution in [2.75, 3.05) is 31.9 Å². The van der Waals surface area contributed by atoms with Gasteiger partial charge in [0.15, 0.2) is 5.82 Å². The molecular formula is C20H20ClN5O2S2. The number of nitrogens with one attached hydrogen (secondary N) is 1. The largest absolute Gasteiger partial charge is 0.382 e. The minimum Gasteiger partial charge on any atom is -0.382 e. The number of hydrogen-bond acceptors (Lipinski definition) is 6. The first kappa shape index (κ1) is 19.8. The Hall–Kier alpha value is -2.17. The summed E-state index contributed by atoms with van der Waals surface area (Å²) in [5.74, 6) is 0.499. The van der Waals surface area contributed by atoms with Gasteiger partial charge in [-0.15, -0.1) is 11.3 Å². The molecule has 0 amide bonds. The normalized spacial score (nSPS) is 16.6. The van der Waals surface area contributed by atoms with Crippen molar-refractivity contribution < 1.29 is 8.42 Å². The van der Waals surface area contributed by atoms with Crippen molar-refractivity contribution in [1.29, 1.82) is 0 Å². The summed E-state index contributed by atoms with van der Waals surface area (Å²) in [6.45, 7) is 3.05. The van der Waals surface area contributed by atoms with Crippen LogP contribution in [0.1, 0.15) is 5.56 Å². The van der Waals surface area contributed by atoms with Crippen LogP contribution in [0.5, 0.6) is 0 Å². The molecule has 30 heavy (non-hydrogen) atoms. The van der Waals surface area contributed by atoms with Crippen LogP contribution in [0.25, 0.3) is 21.0 Å². The van der Waals surface area contributed by atoms with E-state index in [0.717, 1.165) is 33.1 Å². The fraction of sp³-hybridized carbons (Fsp3) is 0.250. The third kappa shape index (κ3) is 3.57. The SMILES string of the molecule is Nc1n[nH]c2cc(CN3CCN(S(=O)(=O)c4cc5ccc(Cl)cc5s4)CC3)ccc12. The molecule has 1 saturated heterocycles. The van der Waals surface area contributed by atoms with E-state index in [0.29, 0.717) is 41.2 Å². The lowest BCUT2D eigenvalue weighted by Gasteiger charge is -2.33. The molecule has 0 spiro atoms. The highest BCUT2D eigenvalue weighted by molar-refractivity contribution is 7.91. The van der Waals surface area contributed by atoms with Crippen LogP contribution in [0.3, 0.4) is 0 Å². The minimum absolute atomic E-state index is 0.371. The first-order chi connectivity index (χ1) is 14.4. The van der Waals surface area contributed by atoms with Crippen molar-refractivity contribution in [3.8, 4) is 0 Å². The molecular weight excluding hydrogens is 442 g/mol. The molecule has 3 heterocycles. The molecule has 10 heteroatoms. The van der Waals surface area contributed by atoms with E-state index in [1.54, 1.807) is 16.4 Å². The number of thiophene rings is 1. The number of benzene rings is 2. The van der Waals surface area contributed by atoms with E-state index >= 15 is 0 Å². The van der Waals surface area contributed by atoms with Gasteiger partial charge in [-0.25, -0.2) is 8.42 Å². The molecule has 3 N–H and O–H groups in total. The van der Waals surface area contributed by atoms with Crippen LogP contribution in [0.15, 0.2) is 46.7 Å². The van der Waals surface area contributed by atoms with Crippen LogP contribution in [-0.4, -0.2) is 54.0 Å².